The molecule has 3 N–H and O–H groups in total. The lowest BCUT2D eigenvalue weighted by Crippen LogP contribution is -2.60. The van der Waals surface area contributed by atoms with Crippen LogP contribution in [0.5, 0.6) is 0 Å². The maximum Gasteiger partial charge on any atom is 0.273 e. The van der Waals surface area contributed by atoms with E-state index in [0.717, 1.165) is 25.7 Å². The standard InChI is InChI=1S/C19H28N4O5/c1-18(9-5-16(25)21-18)8-4-15(24)20-12-19(6-3-7-19)22-17(26)14-10-13(11-27-2)28-23-14/h10H,3-9,11-12H2,1-2H3,(H,20,24)(H,21,25)(H,22,26). The van der Waals surface area contributed by atoms with E-state index in [1.165, 1.54) is 7.11 Å². The summed E-state index contributed by atoms with van der Waals surface area (Å²) in [5.74, 6) is 0.129. The third-order valence-corrected chi connectivity index (χ3v) is 5.64. The predicted octanol–water partition coefficient (Wildman–Crippen LogP) is 1.04. The molecule has 9 nitrogen and oxygen atoms in total. The molecule has 2 fully saturated rings. The second-order valence-corrected chi connectivity index (χ2v) is 8.09. The topological polar surface area (TPSA) is 123 Å². The summed E-state index contributed by atoms with van der Waals surface area (Å²) in [7, 11) is 1.54. The van der Waals surface area contributed by atoms with Gasteiger partial charge in [0.15, 0.2) is 11.5 Å². The van der Waals surface area contributed by atoms with E-state index in [9.17, 15) is 14.4 Å². The number of carbonyl (C=O) groups is 3. The molecule has 1 unspecified atom stereocenters. The Hall–Kier alpha value is -2.42. The highest BCUT2D eigenvalue weighted by molar-refractivity contribution is 5.93. The first kappa shape index (κ1) is 20.3. The minimum absolute atomic E-state index is 0.0422. The Kier molecular flexibility index (Phi) is 6.02. The molecular formula is C19H28N4O5. The third-order valence-electron chi connectivity index (χ3n) is 5.64. The van der Waals surface area contributed by atoms with E-state index in [1.807, 2.05) is 6.92 Å². The highest BCUT2D eigenvalue weighted by Crippen LogP contribution is 2.32. The molecule has 1 saturated carbocycles. The minimum atomic E-state index is -0.446. The molecule has 1 aromatic rings. The Bertz CT molecular complexity index is 742. The van der Waals surface area contributed by atoms with Crippen LogP contribution >= 0.6 is 0 Å². The SMILES string of the molecule is COCc1cc(C(=O)NC2(CNC(=O)CCC3(C)CCC(=O)N3)CCC2)no1. The molecule has 9 heteroatoms. The van der Waals surface area contributed by atoms with Crippen LogP contribution in [0.4, 0.5) is 0 Å². The van der Waals surface area contributed by atoms with Crippen LogP contribution < -0.4 is 16.0 Å². The zero-order valence-electron chi connectivity index (χ0n) is 16.4. The molecule has 0 aromatic carbocycles. The van der Waals surface area contributed by atoms with Crippen molar-refractivity contribution in [2.45, 2.75) is 69.6 Å². The summed E-state index contributed by atoms with van der Waals surface area (Å²) in [5.41, 5.74) is -0.544. The molecular weight excluding hydrogens is 364 g/mol. The lowest BCUT2D eigenvalue weighted by atomic mass is 9.76. The summed E-state index contributed by atoms with van der Waals surface area (Å²) >= 11 is 0. The summed E-state index contributed by atoms with van der Waals surface area (Å²) < 4.78 is 10.0. The van der Waals surface area contributed by atoms with E-state index in [2.05, 4.69) is 21.1 Å². The lowest BCUT2D eigenvalue weighted by molar-refractivity contribution is -0.123. The molecule has 1 saturated heterocycles. The van der Waals surface area contributed by atoms with Gasteiger partial charge in [-0.15, -0.1) is 0 Å². The Morgan fingerprint density at radius 1 is 1.36 bits per heavy atom. The van der Waals surface area contributed by atoms with Crippen molar-refractivity contribution in [3.05, 3.63) is 17.5 Å². The summed E-state index contributed by atoms with van der Waals surface area (Å²) in [6, 6.07) is 1.56. The Labute approximate surface area is 163 Å². The van der Waals surface area contributed by atoms with Crippen molar-refractivity contribution in [2.24, 2.45) is 0 Å². The lowest BCUT2D eigenvalue weighted by Gasteiger charge is -2.42. The minimum Gasteiger partial charge on any atom is -0.377 e. The molecule has 1 aromatic heterocycles. The van der Waals surface area contributed by atoms with Gasteiger partial charge in [0.2, 0.25) is 11.8 Å². The van der Waals surface area contributed by atoms with Crippen LogP contribution in [0.15, 0.2) is 10.6 Å². The monoisotopic (exact) mass is 392 g/mol. The summed E-state index contributed by atoms with van der Waals surface area (Å²) in [5, 5.41) is 12.6. The number of nitrogens with zero attached hydrogens (tertiary/aromatic N) is 1. The molecule has 3 amide bonds. The van der Waals surface area contributed by atoms with Gasteiger partial charge in [-0.2, -0.15) is 0 Å². The number of aromatic nitrogens is 1. The molecule has 28 heavy (non-hydrogen) atoms. The first-order valence-corrected chi connectivity index (χ1v) is 9.68. The van der Waals surface area contributed by atoms with Crippen molar-refractivity contribution in [3.8, 4) is 0 Å². The van der Waals surface area contributed by atoms with Crippen LogP contribution in [0.25, 0.3) is 0 Å². The van der Waals surface area contributed by atoms with E-state index in [0.29, 0.717) is 31.6 Å². The van der Waals surface area contributed by atoms with Gasteiger partial charge in [-0.3, -0.25) is 14.4 Å². The maximum atomic E-state index is 12.5. The van der Waals surface area contributed by atoms with Gasteiger partial charge >= 0.3 is 0 Å². The number of hydrogen-bond donors (Lipinski definition) is 3. The van der Waals surface area contributed by atoms with Crippen LogP contribution in [-0.2, 0) is 20.9 Å². The van der Waals surface area contributed by atoms with E-state index in [-0.39, 0.29) is 35.6 Å². The van der Waals surface area contributed by atoms with Gasteiger partial charge in [-0.1, -0.05) is 5.16 Å². The van der Waals surface area contributed by atoms with Crippen molar-refractivity contribution < 1.29 is 23.6 Å². The summed E-state index contributed by atoms with van der Waals surface area (Å²) in [6.07, 6.45) is 4.80. The highest BCUT2D eigenvalue weighted by Gasteiger charge is 2.39. The molecule has 2 aliphatic rings. The molecule has 0 bridgehead atoms. The Morgan fingerprint density at radius 3 is 2.75 bits per heavy atom. The molecule has 1 atom stereocenters. The molecule has 0 radical (unpaired) electrons. The Balaban J connectivity index is 1.46. The first-order valence-electron chi connectivity index (χ1n) is 9.68. The number of methoxy groups -OCH3 is 1. The summed E-state index contributed by atoms with van der Waals surface area (Å²) in [6.45, 7) is 2.60. The molecule has 3 rings (SSSR count). The van der Waals surface area contributed by atoms with E-state index in [4.69, 9.17) is 9.26 Å². The van der Waals surface area contributed by atoms with Crippen LogP contribution in [0.2, 0.25) is 0 Å². The molecule has 154 valence electrons. The van der Waals surface area contributed by atoms with Crippen molar-refractivity contribution >= 4 is 17.7 Å². The number of nitrogens with one attached hydrogen (secondary N) is 3. The smallest absolute Gasteiger partial charge is 0.273 e. The van der Waals surface area contributed by atoms with Gasteiger partial charge in [-0.25, -0.2) is 0 Å². The van der Waals surface area contributed by atoms with Crippen LogP contribution in [0.3, 0.4) is 0 Å². The Morgan fingerprint density at radius 2 is 2.14 bits per heavy atom. The van der Waals surface area contributed by atoms with Gasteiger partial charge in [0.1, 0.15) is 6.61 Å². The third kappa shape index (κ3) is 4.89. The van der Waals surface area contributed by atoms with E-state index >= 15 is 0 Å². The fraction of sp³-hybridized carbons (Fsp3) is 0.684. The average Bonchev–Trinajstić information content (AvgIpc) is 3.22. The van der Waals surface area contributed by atoms with E-state index < -0.39 is 5.54 Å². The van der Waals surface area contributed by atoms with Gasteiger partial charge < -0.3 is 25.2 Å². The maximum absolute atomic E-state index is 12.5. The van der Waals surface area contributed by atoms with Gasteiger partial charge in [0, 0.05) is 38.1 Å². The summed E-state index contributed by atoms with van der Waals surface area (Å²) in [4.78, 5) is 36.1. The second kappa shape index (κ2) is 8.30. The second-order valence-electron chi connectivity index (χ2n) is 8.09. The van der Waals surface area contributed by atoms with Crippen molar-refractivity contribution in [3.63, 3.8) is 0 Å². The number of amides is 3. The van der Waals surface area contributed by atoms with Gasteiger partial charge in [-0.05, 0) is 39.0 Å². The normalized spacial score (nSPS) is 23.0. The van der Waals surface area contributed by atoms with Gasteiger partial charge in [0.25, 0.3) is 5.91 Å². The van der Waals surface area contributed by atoms with Crippen molar-refractivity contribution in [2.75, 3.05) is 13.7 Å². The molecule has 0 spiro atoms. The zero-order chi connectivity index (χ0) is 20.2. The van der Waals surface area contributed by atoms with Crippen LogP contribution in [0.1, 0.15) is 68.1 Å². The first-order chi connectivity index (χ1) is 13.3. The predicted molar refractivity (Wildman–Crippen MR) is 99.3 cm³/mol. The highest BCUT2D eigenvalue weighted by atomic mass is 16.5. The molecule has 1 aliphatic heterocycles. The number of rotatable bonds is 9. The number of carbonyl (C=O) groups excluding carboxylic acids is 3. The van der Waals surface area contributed by atoms with Crippen LogP contribution in [0, 0.1) is 0 Å². The van der Waals surface area contributed by atoms with Crippen LogP contribution in [-0.4, -0.2) is 47.6 Å². The zero-order valence-corrected chi connectivity index (χ0v) is 16.4. The fourth-order valence-corrected chi connectivity index (χ4v) is 3.67. The quantitative estimate of drug-likeness (QED) is 0.577. The molecule has 1 aliphatic carbocycles. The number of ether oxygens (including phenoxy) is 1. The largest absolute Gasteiger partial charge is 0.377 e. The van der Waals surface area contributed by atoms with Crippen molar-refractivity contribution in [1.82, 2.24) is 21.1 Å². The van der Waals surface area contributed by atoms with Crippen molar-refractivity contribution in [1.29, 1.82) is 0 Å². The average molecular weight is 392 g/mol. The van der Waals surface area contributed by atoms with Gasteiger partial charge in [0.05, 0.1) is 5.54 Å². The molecule has 2 heterocycles. The number of hydrogen-bond acceptors (Lipinski definition) is 6. The fourth-order valence-electron chi connectivity index (χ4n) is 3.67. The van der Waals surface area contributed by atoms with E-state index in [1.54, 1.807) is 6.07 Å².